The van der Waals surface area contributed by atoms with Gasteiger partial charge in [0.2, 0.25) is 0 Å². The smallest absolute Gasteiger partial charge is 0.265 e. The molecule has 9 heteroatoms. The van der Waals surface area contributed by atoms with E-state index in [0.29, 0.717) is 41.0 Å². The van der Waals surface area contributed by atoms with Crippen molar-refractivity contribution in [1.29, 1.82) is 0 Å². The van der Waals surface area contributed by atoms with Gasteiger partial charge in [0.25, 0.3) is 23.6 Å². The number of hydrogen-bond acceptors (Lipinski definition) is 6. The van der Waals surface area contributed by atoms with Gasteiger partial charge in [-0.05, 0) is 80.2 Å². The number of carbonyl (C=O) groups is 4. The van der Waals surface area contributed by atoms with E-state index >= 15 is 0 Å². The van der Waals surface area contributed by atoms with E-state index in [9.17, 15) is 19.2 Å². The second-order valence-corrected chi connectivity index (χ2v) is 9.83. The first-order valence-corrected chi connectivity index (χ1v) is 13.0. The lowest BCUT2D eigenvalue weighted by Crippen LogP contribution is -2.54. The lowest BCUT2D eigenvalue weighted by molar-refractivity contribution is -0.128. The number of methoxy groups -OCH3 is 1. The molecule has 0 aromatic heterocycles. The molecule has 0 atom stereocenters. The molecule has 0 spiro atoms. The van der Waals surface area contributed by atoms with Crippen molar-refractivity contribution in [2.45, 2.75) is 38.6 Å². The quantitative estimate of drug-likeness (QED) is 0.192. The summed E-state index contributed by atoms with van der Waals surface area (Å²) >= 11 is 5.29. The largest absolute Gasteiger partial charge is 0.496 e. The van der Waals surface area contributed by atoms with Crippen LogP contribution in [-0.2, 0) is 16.1 Å². The van der Waals surface area contributed by atoms with Crippen molar-refractivity contribution in [2.75, 3.05) is 13.7 Å². The van der Waals surface area contributed by atoms with Gasteiger partial charge < -0.3 is 4.74 Å². The fourth-order valence-corrected chi connectivity index (χ4v) is 5.28. The van der Waals surface area contributed by atoms with E-state index in [0.717, 1.165) is 24.2 Å². The minimum absolute atomic E-state index is 0.0159. The molecular formula is C29H27N3O5S. The van der Waals surface area contributed by atoms with Crippen LogP contribution in [0.25, 0.3) is 6.08 Å². The fourth-order valence-electron chi connectivity index (χ4n) is 5.02. The first-order chi connectivity index (χ1) is 18.4. The lowest BCUT2D eigenvalue weighted by Gasteiger charge is -2.29. The molecule has 2 aromatic carbocycles. The Kier molecular flexibility index (Phi) is 7.20. The van der Waals surface area contributed by atoms with Crippen LogP contribution >= 0.6 is 12.2 Å². The monoisotopic (exact) mass is 529 g/mol. The maximum atomic E-state index is 13.3. The van der Waals surface area contributed by atoms with Crippen LogP contribution in [0.2, 0.25) is 0 Å². The third-order valence-electron chi connectivity index (χ3n) is 7.05. The number of rotatable bonds is 7. The zero-order valence-electron chi connectivity index (χ0n) is 21.0. The highest BCUT2D eigenvalue weighted by Gasteiger charge is 2.36. The molecule has 0 radical (unpaired) electrons. The average molecular weight is 530 g/mol. The summed E-state index contributed by atoms with van der Waals surface area (Å²) in [4.78, 5) is 54.4. The summed E-state index contributed by atoms with van der Waals surface area (Å²) in [6.45, 7) is 0.382. The van der Waals surface area contributed by atoms with Crippen molar-refractivity contribution in [3.05, 3.63) is 81.9 Å². The van der Waals surface area contributed by atoms with Gasteiger partial charge in [-0.1, -0.05) is 29.8 Å². The summed E-state index contributed by atoms with van der Waals surface area (Å²) in [7, 11) is 1.50. The molecule has 38 heavy (non-hydrogen) atoms. The van der Waals surface area contributed by atoms with Crippen molar-refractivity contribution >= 4 is 47.0 Å². The van der Waals surface area contributed by atoms with Gasteiger partial charge >= 0.3 is 0 Å². The van der Waals surface area contributed by atoms with E-state index < -0.39 is 11.8 Å². The molecule has 1 aliphatic carbocycles. The normalized spacial score (nSPS) is 18.6. The number of amides is 4. The minimum Gasteiger partial charge on any atom is -0.496 e. The number of nitrogens with zero attached hydrogens (tertiary/aromatic N) is 2. The van der Waals surface area contributed by atoms with Crippen LogP contribution < -0.4 is 10.1 Å². The second kappa shape index (κ2) is 10.7. The van der Waals surface area contributed by atoms with Gasteiger partial charge in [-0.2, -0.15) is 0 Å². The number of thiocarbonyl (C=S) groups is 1. The Morgan fingerprint density at radius 3 is 2.37 bits per heavy atom. The summed E-state index contributed by atoms with van der Waals surface area (Å²) < 4.78 is 5.46. The van der Waals surface area contributed by atoms with Crippen LogP contribution in [0.15, 0.2) is 59.7 Å². The van der Waals surface area contributed by atoms with Crippen molar-refractivity contribution in [2.24, 2.45) is 0 Å². The second-order valence-electron chi connectivity index (χ2n) is 9.45. The van der Waals surface area contributed by atoms with Crippen LogP contribution in [0.3, 0.4) is 0 Å². The molecule has 5 rings (SSSR count). The molecule has 3 aliphatic rings. The standard InChI is InChI=1S/C29H27N3O5S/c1-37-24-12-11-19(15-20(24)17-32-26(34)21-9-5-6-10-22(21)27(32)35)16-23-25(33)30-29(38)31(28(23)36)14-13-18-7-3-2-4-8-18/h5-7,9-12,15-16H,2-4,8,13-14,17H2,1H3,(H,30,33,38)/b23-16+. The number of fused-ring (bicyclic) bond motifs is 1. The molecule has 0 bridgehead atoms. The van der Waals surface area contributed by atoms with Gasteiger partial charge in [0, 0.05) is 12.1 Å². The Labute approximate surface area is 225 Å². The van der Waals surface area contributed by atoms with Crippen molar-refractivity contribution in [1.82, 2.24) is 15.1 Å². The molecule has 2 aliphatic heterocycles. The highest BCUT2D eigenvalue weighted by molar-refractivity contribution is 7.80. The molecule has 2 aromatic rings. The fraction of sp³-hybridized carbons (Fsp3) is 0.276. The predicted molar refractivity (Wildman–Crippen MR) is 145 cm³/mol. The minimum atomic E-state index is -0.564. The maximum Gasteiger partial charge on any atom is 0.265 e. The van der Waals surface area contributed by atoms with Gasteiger partial charge in [0.1, 0.15) is 11.3 Å². The van der Waals surface area contributed by atoms with Crippen LogP contribution in [0.4, 0.5) is 0 Å². The van der Waals surface area contributed by atoms with Crippen LogP contribution in [-0.4, -0.2) is 52.2 Å². The summed E-state index contributed by atoms with van der Waals surface area (Å²) in [6.07, 6.45) is 8.84. The van der Waals surface area contributed by atoms with Gasteiger partial charge in [0.15, 0.2) is 5.11 Å². The predicted octanol–water partition coefficient (Wildman–Crippen LogP) is 4.01. The molecule has 1 N–H and O–H groups in total. The molecule has 2 heterocycles. The zero-order valence-corrected chi connectivity index (χ0v) is 21.8. The molecule has 4 amide bonds. The van der Waals surface area contributed by atoms with E-state index in [-0.39, 0.29) is 29.0 Å². The highest BCUT2D eigenvalue weighted by Crippen LogP contribution is 2.29. The van der Waals surface area contributed by atoms with Crippen LogP contribution in [0.1, 0.15) is 63.9 Å². The summed E-state index contributed by atoms with van der Waals surface area (Å²) in [5.41, 5.74) is 3.11. The Morgan fingerprint density at radius 2 is 1.71 bits per heavy atom. The lowest BCUT2D eigenvalue weighted by atomic mass is 9.97. The first-order valence-electron chi connectivity index (χ1n) is 12.6. The third kappa shape index (κ3) is 4.89. The van der Waals surface area contributed by atoms with Crippen molar-refractivity contribution in [3.8, 4) is 5.75 Å². The summed E-state index contributed by atoms with van der Waals surface area (Å²) in [6, 6.07) is 11.8. The summed E-state index contributed by atoms with van der Waals surface area (Å²) in [5.74, 6) is -1.30. The molecule has 0 unspecified atom stereocenters. The van der Waals surface area contributed by atoms with E-state index in [1.54, 1.807) is 42.5 Å². The molecule has 0 saturated carbocycles. The summed E-state index contributed by atoms with van der Waals surface area (Å²) in [5, 5.41) is 2.73. The van der Waals surface area contributed by atoms with Crippen LogP contribution in [0, 0.1) is 0 Å². The van der Waals surface area contributed by atoms with Gasteiger partial charge in [0.05, 0.1) is 24.8 Å². The number of hydrogen-bond donors (Lipinski definition) is 1. The number of carbonyl (C=O) groups excluding carboxylic acids is 4. The number of nitrogens with one attached hydrogen (secondary N) is 1. The molecule has 194 valence electrons. The molecule has 1 saturated heterocycles. The van der Waals surface area contributed by atoms with Crippen molar-refractivity contribution < 1.29 is 23.9 Å². The Hall–Kier alpha value is -4.11. The average Bonchev–Trinajstić information content (AvgIpc) is 3.16. The molecule has 1 fully saturated rings. The Bertz CT molecular complexity index is 1390. The van der Waals surface area contributed by atoms with E-state index in [2.05, 4.69) is 11.4 Å². The van der Waals surface area contributed by atoms with Gasteiger partial charge in [-0.15, -0.1) is 0 Å². The van der Waals surface area contributed by atoms with E-state index in [4.69, 9.17) is 17.0 Å². The molecular weight excluding hydrogens is 502 g/mol. The number of allylic oxidation sites excluding steroid dienone is 1. The third-order valence-corrected chi connectivity index (χ3v) is 7.37. The Morgan fingerprint density at radius 1 is 0.974 bits per heavy atom. The van der Waals surface area contributed by atoms with E-state index in [1.807, 2.05) is 0 Å². The van der Waals surface area contributed by atoms with Gasteiger partial charge in [-0.25, -0.2) is 0 Å². The Balaban J connectivity index is 1.39. The first kappa shape index (κ1) is 25.5. The van der Waals surface area contributed by atoms with Crippen LogP contribution in [0.5, 0.6) is 5.75 Å². The SMILES string of the molecule is COc1ccc(/C=C2\C(=O)NC(=S)N(CCC3=CCCCC3)C2=O)cc1CN1C(=O)c2ccccc2C1=O. The topological polar surface area (TPSA) is 96.0 Å². The van der Waals surface area contributed by atoms with E-state index in [1.165, 1.54) is 30.1 Å². The van der Waals surface area contributed by atoms with Crippen molar-refractivity contribution in [3.63, 3.8) is 0 Å². The highest BCUT2D eigenvalue weighted by atomic mass is 32.1. The number of imide groups is 1. The van der Waals surface area contributed by atoms with Gasteiger partial charge in [-0.3, -0.25) is 34.3 Å². The zero-order chi connectivity index (χ0) is 26.8. The number of ether oxygens (including phenoxy) is 1. The number of benzene rings is 2. The maximum absolute atomic E-state index is 13.3. The molecule has 8 nitrogen and oxygen atoms in total.